The van der Waals surface area contributed by atoms with Crippen molar-refractivity contribution in [2.45, 2.75) is 10.8 Å². The minimum Gasteiger partial charge on any atom is -0.366 e. The molecule has 0 saturated carbocycles. The Balaban J connectivity index is 1.58. The molecule has 0 saturated heterocycles. The van der Waals surface area contributed by atoms with Crippen molar-refractivity contribution in [3.63, 3.8) is 0 Å². The van der Waals surface area contributed by atoms with Crippen LogP contribution >= 0.6 is 23.1 Å². The number of fused-ring (bicyclic) bond motifs is 1. The highest BCUT2D eigenvalue weighted by atomic mass is 32.2. The van der Waals surface area contributed by atoms with Gasteiger partial charge in [0.1, 0.15) is 16.2 Å². The molecule has 0 aliphatic rings. The van der Waals surface area contributed by atoms with Crippen LogP contribution in [-0.2, 0) is 5.75 Å². The first-order valence-corrected chi connectivity index (χ1v) is 9.82. The molecule has 1 amide bonds. The van der Waals surface area contributed by atoms with Gasteiger partial charge in [-0.15, -0.1) is 23.1 Å². The maximum absolute atomic E-state index is 11.2. The second-order valence-corrected chi connectivity index (χ2v) is 7.72. The summed E-state index contributed by atoms with van der Waals surface area (Å²) >= 11 is 3.34. The van der Waals surface area contributed by atoms with E-state index in [0.717, 1.165) is 26.6 Å². The summed E-state index contributed by atoms with van der Waals surface area (Å²) in [7, 11) is 0. The number of hydrogen-bond acceptors (Lipinski definition) is 5. The number of aromatic nitrogens is 2. The maximum atomic E-state index is 11.2. The first-order chi connectivity index (χ1) is 12.7. The number of hydrogen-bond donors (Lipinski definition) is 1. The molecule has 4 aromatic rings. The third kappa shape index (κ3) is 3.47. The highest BCUT2D eigenvalue weighted by Crippen LogP contribution is 2.36. The monoisotopic (exact) mass is 377 g/mol. The van der Waals surface area contributed by atoms with Gasteiger partial charge in [-0.3, -0.25) is 4.79 Å². The van der Waals surface area contributed by atoms with Gasteiger partial charge in [-0.05, 0) is 29.3 Å². The highest BCUT2D eigenvalue weighted by molar-refractivity contribution is 7.98. The van der Waals surface area contributed by atoms with E-state index in [1.54, 1.807) is 41.6 Å². The molecule has 0 spiro atoms. The molecule has 26 heavy (non-hydrogen) atoms. The Labute approximate surface area is 159 Å². The predicted octanol–water partition coefficient (Wildman–Crippen LogP) is 4.75. The van der Waals surface area contributed by atoms with Gasteiger partial charge in [0.25, 0.3) is 0 Å². The fourth-order valence-corrected chi connectivity index (χ4v) is 4.61. The van der Waals surface area contributed by atoms with Crippen molar-refractivity contribution in [2.75, 3.05) is 0 Å². The third-order valence-corrected chi connectivity index (χ3v) is 6.13. The number of thiophene rings is 1. The Hall–Kier alpha value is -2.70. The minimum absolute atomic E-state index is 0.409. The average Bonchev–Trinajstić information content (AvgIpc) is 3.12. The molecular weight excluding hydrogens is 362 g/mol. The van der Waals surface area contributed by atoms with Gasteiger partial charge in [0.05, 0.1) is 0 Å². The number of nitrogens with two attached hydrogens (primary N) is 1. The van der Waals surface area contributed by atoms with Crippen LogP contribution in [0.15, 0.2) is 72.0 Å². The molecule has 0 atom stereocenters. The van der Waals surface area contributed by atoms with E-state index in [4.69, 9.17) is 5.73 Å². The largest absolute Gasteiger partial charge is 0.366 e. The smallest absolute Gasteiger partial charge is 0.248 e. The molecule has 2 aromatic carbocycles. The molecule has 2 heterocycles. The van der Waals surface area contributed by atoms with E-state index in [2.05, 4.69) is 28.2 Å². The van der Waals surface area contributed by atoms with Crippen LogP contribution < -0.4 is 5.73 Å². The van der Waals surface area contributed by atoms with E-state index in [9.17, 15) is 4.79 Å². The average molecular weight is 377 g/mol. The fourth-order valence-electron chi connectivity index (χ4n) is 2.61. The lowest BCUT2D eigenvalue weighted by Crippen LogP contribution is -2.10. The molecule has 4 nitrogen and oxygen atoms in total. The molecule has 0 radical (unpaired) electrons. The van der Waals surface area contributed by atoms with E-state index < -0.39 is 5.91 Å². The van der Waals surface area contributed by atoms with Gasteiger partial charge < -0.3 is 5.73 Å². The van der Waals surface area contributed by atoms with Crippen LogP contribution in [0.1, 0.15) is 15.9 Å². The fraction of sp³-hybridized carbons (Fsp3) is 0.0500. The molecule has 0 unspecified atom stereocenters. The van der Waals surface area contributed by atoms with Crippen molar-refractivity contribution >= 4 is 39.2 Å². The zero-order valence-corrected chi connectivity index (χ0v) is 15.4. The van der Waals surface area contributed by atoms with Gasteiger partial charge in [-0.2, -0.15) is 0 Å². The van der Waals surface area contributed by atoms with Gasteiger partial charge >= 0.3 is 0 Å². The summed E-state index contributed by atoms with van der Waals surface area (Å²) in [5, 5.41) is 2.04. The number of amides is 1. The molecule has 0 bridgehead atoms. The second-order valence-electron chi connectivity index (χ2n) is 5.72. The van der Waals surface area contributed by atoms with Gasteiger partial charge in [-0.1, -0.05) is 42.5 Å². The standard InChI is InChI=1S/C20H15N3OS2/c21-18(24)15-8-6-13(7-9-15)11-25-19-16-10-17(14-4-2-1-3-5-14)26-20(16)23-12-22-19/h1-10,12H,11H2,(H2,21,24). The van der Waals surface area contributed by atoms with Gasteiger partial charge in [0, 0.05) is 21.6 Å². The minimum atomic E-state index is -0.409. The summed E-state index contributed by atoms with van der Waals surface area (Å²) in [6.07, 6.45) is 1.62. The number of thioether (sulfide) groups is 1. The Morgan fingerprint density at radius 3 is 2.54 bits per heavy atom. The highest BCUT2D eigenvalue weighted by Gasteiger charge is 2.11. The lowest BCUT2D eigenvalue weighted by atomic mass is 10.1. The van der Waals surface area contributed by atoms with Gasteiger partial charge in [-0.25, -0.2) is 9.97 Å². The van der Waals surface area contributed by atoms with Gasteiger partial charge in [0.2, 0.25) is 5.91 Å². The Morgan fingerprint density at radius 1 is 1.04 bits per heavy atom. The molecule has 0 fully saturated rings. The lowest BCUT2D eigenvalue weighted by molar-refractivity contribution is 0.100. The van der Waals surface area contributed by atoms with Crippen LogP contribution in [0.25, 0.3) is 20.7 Å². The van der Waals surface area contributed by atoms with Crippen molar-refractivity contribution in [3.05, 3.63) is 78.1 Å². The van der Waals surface area contributed by atoms with Crippen LogP contribution in [0.2, 0.25) is 0 Å². The van der Waals surface area contributed by atoms with Crippen molar-refractivity contribution in [1.82, 2.24) is 9.97 Å². The van der Waals surface area contributed by atoms with E-state index in [1.807, 2.05) is 30.3 Å². The maximum Gasteiger partial charge on any atom is 0.248 e. The van der Waals surface area contributed by atoms with Crippen molar-refractivity contribution in [2.24, 2.45) is 5.73 Å². The van der Waals surface area contributed by atoms with Crippen LogP contribution in [0, 0.1) is 0 Å². The van der Waals surface area contributed by atoms with Crippen LogP contribution in [0.4, 0.5) is 0 Å². The molecule has 6 heteroatoms. The Kier molecular flexibility index (Phi) is 4.69. The summed E-state index contributed by atoms with van der Waals surface area (Å²) < 4.78 is 0. The summed E-state index contributed by atoms with van der Waals surface area (Å²) in [6, 6.07) is 19.8. The van der Waals surface area contributed by atoms with Crippen LogP contribution in [0.3, 0.4) is 0 Å². The predicted molar refractivity (Wildman–Crippen MR) is 107 cm³/mol. The zero-order valence-electron chi connectivity index (χ0n) is 13.8. The topological polar surface area (TPSA) is 68.9 Å². The number of rotatable bonds is 5. The summed E-state index contributed by atoms with van der Waals surface area (Å²) in [5.41, 5.74) is 8.11. The summed E-state index contributed by atoms with van der Waals surface area (Å²) in [6.45, 7) is 0. The Morgan fingerprint density at radius 2 is 1.81 bits per heavy atom. The van der Waals surface area contributed by atoms with Crippen LogP contribution in [0.5, 0.6) is 0 Å². The van der Waals surface area contributed by atoms with E-state index in [1.165, 1.54) is 10.4 Å². The quantitative estimate of drug-likeness (QED) is 0.402. The normalized spacial score (nSPS) is 10.9. The molecular formula is C20H15N3OS2. The molecule has 4 rings (SSSR count). The van der Waals surface area contributed by atoms with Crippen molar-refractivity contribution in [3.8, 4) is 10.4 Å². The first kappa shape index (κ1) is 16.8. The number of carbonyl (C=O) groups is 1. The summed E-state index contributed by atoms with van der Waals surface area (Å²) in [4.78, 5) is 22.2. The SMILES string of the molecule is NC(=O)c1ccc(CSc2ncnc3sc(-c4ccccc4)cc23)cc1. The number of primary amides is 1. The van der Waals surface area contributed by atoms with Crippen molar-refractivity contribution in [1.29, 1.82) is 0 Å². The molecule has 2 N–H and O–H groups in total. The van der Waals surface area contributed by atoms with E-state index in [0.29, 0.717) is 5.56 Å². The second kappa shape index (κ2) is 7.27. The summed E-state index contributed by atoms with van der Waals surface area (Å²) in [5.74, 6) is 0.357. The number of benzene rings is 2. The molecule has 0 aliphatic heterocycles. The third-order valence-electron chi connectivity index (χ3n) is 3.97. The molecule has 128 valence electrons. The lowest BCUT2D eigenvalue weighted by Gasteiger charge is -2.03. The van der Waals surface area contributed by atoms with E-state index in [-0.39, 0.29) is 0 Å². The van der Waals surface area contributed by atoms with Gasteiger partial charge in [0.15, 0.2) is 0 Å². The molecule has 0 aliphatic carbocycles. The molecule has 2 aromatic heterocycles. The van der Waals surface area contributed by atoms with Crippen LogP contribution in [-0.4, -0.2) is 15.9 Å². The Bertz CT molecular complexity index is 1060. The number of nitrogens with zero attached hydrogens (tertiary/aromatic N) is 2. The van der Waals surface area contributed by atoms with E-state index >= 15 is 0 Å². The zero-order chi connectivity index (χ0) is 17.9. The van der Waals surface area contributed by atoms with Crippen molar-refractivity contribution < 1.29 is 4.79 Å². The first-order valence-electron chi connectivity index (χ1n) is 8.02. The number of carbonyl (C=O) groups excluding carboxylic acids is 1.